The van der Waals surface area contributed by atoms with Gasteiger partial charge in [0.25, 0.3) is 0 Å². The number of para-hydroxylation sites is 2. The summed E-state index contributed by atoms with van der Waals surface area (Å²) in [6.07, 6.45) is 3.74. The second kappa shape index (κ2) is 5.44. The van der Waals surface area contributed by atoms with Gasteiger partial charge in [0.1, 0.15) is 0 Å². The lowest BCUT2D eigenvalue weighted by Gasteiger charge is -2.16. The lowest BCUT2D eigenvalue weighted by Crippen LogP contribution is -2.03. The highest BCUT2D eigenvalue weighted by molar-refractivity contribution is 5.72. The Morgan fingerprint density at radius 3 is 2.33 bits per heavy atom. The van der Waals surface area contributed by atoms with E-state index in [0.717, 1.165) is 11.4 Å². The second-order valence-electron chi connectivity index (χ2n) is 5.37. The van der Waals surface area contributed by atoms with Crippen LogP contribution in [0.5, 0.6) is 0 Å². The quantitative estimate of drug-likeness (QED) is 0.761. The van der Waals surface area contributed by atoms with Crippen LogP contribution in [0.1, 0.15) is 16.7 Å². The van der Waals surface area contributed by atoms with E-state index in [1.807, 2.05) is 29.1 Å². The number of nitrogens with one attached hydrogen (secondary N) is 1. The van der Waals surface area contributed by atoms with E-state index in [1.54, 1.807) is 6.20 Å². The molecule has 0 radical (unpaired) electrons. The zero-order chi connectivity index (χ0) is 14.8. The van der Waals surface area contributed by atoms with Crippen LogP contribution in [0.2, 0.25) is 0 Å². The van der Waals surface area contributed by atoms with Crippen molar-refractivity contribution < 1.29 is 0 Å². The molecule has 3 rings (SSSR count). The molecule has 0 saturated heterocycles. The lowest BCUT2D eigenvalue weighted by molar-refractivity contribution is 0.882. The van der Waals surface area contributed by atoms with Crippen molar-refractivity contribution in [3.63, 3.8) is 0 Å². The second-order valence-corrected chi connectivity index (χ2v) is 5.37. The first-order chi connectivity index (χ1) is 10.1. The van der Waals surface area contributed by atoms with Crippen molar-refractivity contribution in [3.05, 3.63) is 71.5 Å². The molecular formula is C18H19N3. The first kappa shape index (κ1) is 13.4. The van der Waals surface area contributed by atoms with Gasteiger partial charge in [-0.25, -0.2) is 4.68 Å². The van der Waals surface area contributed by atoms with Crippen molar-refractivity contribution >= 4 is 11.4 Å². The number of hydrogen-bond donors (Lipinski definition) is 1. The number of nitrogens with zero attached hydrogens (tertiary/aromatic N) is 2. The SMILES string of the molecule is Cc1cc(C)c(Nc2ccccc2-n2cccn2)c(C)c1. The smallest absolute Gasteiger partial charge is 0.0880 e. The average Bonchev–Trinajstić information content (AvgIpc) is 2.97. The van der Waals surface area contributed by atoms with Crippen LogP contribution < -0.4 is 5.32 Å². The van der Waals surface area contributed by atoms with Gasteiger partial charge in [0, 0.05) is 18.1 Å². The molecule has 0 unspecified atom stereocenters. The lowest BCUT2D eigenvalue weighted by atomic mass is 10.0. The standard InChI is InChI=1S/C18H19N3/c1-13-11-14(2)18(15(3)12-13)20-16-7-4-5-8-17(16)21-10-6-9-19-21/h4-12,20H,1-3H3. The van der Waals surface area contributed by atoms with E-state index >= 15 is 0 Å². The Kier molecular flexibility index (Phi) is 3.48. The van der Waals surface area contributed by atoms with Crippen LogP contribution in [-0.4, -0.2) is 9.78 Å². The predicted molar refractivity (Wildman–Crippen MR) is 87.5 cm³/mol. The molecule has 2 aromatic carbocycles. The van der Waals surface area contributed by atoms with Gasteiger partial charge < -0.3 is 5.32 Å². The molecule has 0 aliphatic carbocycles. The summed E-state index contributed by atoms with van der Waals surface area (Å²) >= 11 is 0. The van der Waals surface area contributed by atoms with E-state index < -0.39 is 0 Å². The minimum absolute atomic E-state index is 1.04. The molecule has 21 heavy (non-hydrogen) atoms. The van der Waals surface area contributed by atoms with Crippen LogP contribution >= 0.6 is 0 Å². The highest BCUT2D eigenvalue weighted by atomic mass is 15.3. The van der Waals surface area contributed by atoms with Crippen molar-refractivity contribution in [2.45, 2.75) is 20.8 Å². The number of aryl methyl sites for hydroxylation is 3. The monoisotopic (exact) mass is 277 g/mol. The Morgan fingerprint density at radius 1 is 0.952 bits per heavy atom. The average molecular weight is 277 g/mol. The Morgan fingerprint density at radius 2 is 1.67 bits per heavy atom. The van der Waals surface area contributed by atoms with E-state index in [1.165, 1.54) is 22.4 Å². The molecule has 3 nitrogen and oxygen atoms in total. The minimum Gasteiger partial charge on any atom is -0.353 e. The normalized spacial score (nSPS) is 10.6. The molecule has 1 heterocycles. The van der Waals surface area contributed by atoms with Gasteiger partial charge in [0.05, 0.1) is 11.4 Å². The maximum absolute atomic E-state index is 4.32. The molecular weight excluding hydrogens is 258 g/mol. The van der Waals surface area contributed by atoms with E-state index in [0.29, 0.717) is 0 Å². The summed E-state index contributed by atoms with van der Waals surface area (Å²) in [7, 11) is 0. The van der Waals surface area contributed by atoms with E-state index in [4.69, 9.17) is 0 Å². The summed E-state index contributed by atoms with van der Waals surface area (Å²) in [6, 6.07) is 14.5. The molecule has 0 saturated carbocycles. The third-order valence-corrected chi connectivity index (χ3v) is 3.59. The molecule has 0 spiro atoms. The number of aromatic nitrogens is 2. The molecule has 3 heteroatoms. The van der Waals surface area contributed by atoms with Crippen molar-refractivity contribution in [2.75, 3.05) is 5.32 Å². The maximum atomic E-state index is 4.32. The third-order valence-electron chi connectivity index (χ3n) is 3.59. The molecule has 0 atom stereocenters. The predicted octanol–water partition coefficient (Wildman–Crippen LogP) is 4.54. The first-order valence-corrected chi connectivity index (χ1v) is 7.09. The van der Waals surface area contributed by atoms with Crippen molar-refractivity contribution in [1.29, 1.82) is 0 Å². The van der Waals surface area contributed by atoms with Crippen LogP contribution in [0.3, 0.4) is 0 Å². The summed E-state index contributed by atoms with van der Waals surface area (Å²) < 4.78 is 1.88. The topological polar surface area (TPSA) is 29.9 Å². The summed E-state index contributed by atoms with van der Waals surface area (Å²) in [5.74, 6) is 0. The van der Waals surface area contributed by atoms with Crippen LogP contribution in [0.15, 0.2) is 54.9 Å². The van der Waals surface area contributed by atoms with Crippen molar-refractivity contribution in [1.82, 2.24) is 9.78 Å². The molecule has 1 N–H and O–H groups in total. The zero-order valence-corrected chi connectivity index (χ0v) is 12.6. The molecule has 3 aromatic rings. The van der Waals surface area contributed by atoms with E-state index in [9.17, 15) is 0 Å². The summed E-state index contributed by atoms with van der Waals surface area (Å²) in [4.78, 5) is 0. The maximum Gasteiger partial charge on any atom is 0.0880 e. The van der Waals surface area contributed by atoms with Gasteiger partial charge >= 0.3 is 0 Å². The van der Waals surface area contributed by atoms with Gasteiger partial charge in [-0.05, 0) is 50.1 Å². The van der Waals surface area contributed by atoms with Crippen LogP contribution in [0.4, 0.5) is 11.4 Å². The van der Waals surface area contributed by atoms with Crippen molar-refractivity contribution in [2.24, 2.45) is 0 Å². The van der Waals surface area contributed by atoms with Gasteiger partial charge in [-0.3, -0.25) is 0 Å². The van der Waals surface area contributed by atoms with Gasteiger partial charge in [-0.2, -0.15) is 5.10 Å². The fourth-order valence-electron chi connectivity index (χ4n) is 2.70. The molecule has 1 aromatic heterocycles. The van der Waals surface area contributed by atoms with Crippen LogP contribution in [0, 0.1) is 20.8 Å². The van der Waals surface area contributed by atoms with Gasteiger partial charge in [-0.15, -0.1) is 0 Å². The fourth-order valence-corrected chi connectivity index (χ4v) is 2.70. The summed E-state index contributed by atoms with van der Waals surface area (Å²) in [5.41, 5.74) is 7.06. The Bertz CT molecular complexity index is 735. The minimum atomic E-state index is 1.04. The summed E-state index contributed by atoms with van der Waals surface area (Å²) in [6.45, 7) is 6.40. The van der Waals surface area contributed by atoms with Gasteiger partial charge in [0.2, 0.25) is 0 Å². The van der Waals surface area contributed by atoms with Gasteiger partial charge in [0.15, 0.2) is 0 Å². The first-order valence-electron chi connectivity index (χ1n) is 7.09. The number of hydrogen-bond acceptors (Lipinski definition) is 2. The highest BCUT2D eigenvalue weighted by Gasteiger charge is 2.08. The van der Waals surface area contributed by atoms with Gasteiger partial charge in [-0.1, -0.05) is 29.8 Å². The molecule has 0 amide bonds. The number of rotatable bonds is 3. The van der Waals surface area contributed by atoms with Crippen molar-refractivity contribution in [3.8, 4) is 5.69 Å². The summed E-state index contributed by atoms with van der Waals surface area (Å²) in [5, 5.41) is 7.89. The van der Waals surface area contributed by atoms with E-state index in [-0.39, 0.29) is 0 Å². The zero-order valence-electron chi connectivity index (χ0n) is 12.6. The number of anilines is 2. The van der Waals surface area contributed by atoms with Crippen LogP contribution in [0.25, 0.3) is 5.69 Å². The highest BCUT2D eigenvalue weighted by Crippen LogP contribution is 2.29. The van der Waals surface area contributed by atoms with Crippen LogP contribution in [-0.2, 0) is 0 Å². The molecule has 106 valence electrons. The Balaban J connectivity index is 2.04. The molecule has 0 bridgehead atoms. The third kappa shape index (κ3) is 2.68. The largest absolute Gasteiger partial charge is 0.353 e. The fraction of sp³-hybridized carbons (Fsp3) is 0.167. The Hall–Kier alpha value is -2.55. The molecule has 0 aliphatic rings. The van der Waals surface area contributed by atoms with E-state index in [2.05, 4.69) is 55.5 Å². The molecule has 0 aliphatic heterocycles. The number of benzene rings is 2. The molecule has 0 fully saturated rings. The Labute approximate surface area is 125 Å².